The molecule has 29 heavy (non-hydrogen) atoms. The van der Waals surface area contributed by atoms with Gasteiger partial charge in [0, 0.05) is 29.4 Å². The van der Waals surface area contributed by atoms with Crippen molar-refractivity contribution in [1.82, 2.24) is 10.2 Å². The summed E-state index contributed by atoms with van der Waals surface area (Å²) in [4.78, 5) is 23.5. The number of benzene rings is 2. The van der Waals surface area contributed by atoms with Crippen LogP contribution in [0.15, 0.2) is 60.3 Å². The van der Waals surface area contributed by atoms with Crippen LogP contribution < -0.4 is 10.6 Å². The fraction of sp³-hybridized carbons (Fsp3) is 0.0476. The van der Waals surface area contributed by atoms with Gasteiger partial charge >= 0.3 is 0 Å². The fourth-order valence-corrected chi connectivity index (χ4v) is 2.60. The molecule has 0 radical (unpaired) electrons. The number of nitrogens with zero attached hydrogens (tertiary/aromatic N) is 2. The molecule has 1 aromatic heterocycles. The highest BCUT2D eigenvalue weighted by Crippen LogP contribution is 2.24. The Hall–Kier alpha value is -4.25. The molecule has 2 amide bonds. The Balaban J connectivity index is 1.79. The van der Waals surface area contributed by atoms with E-state index < -0.39 is 5.91 Å². The molecule has 0 saturated heterocycles. The van der Waals surface area contributed by atoms with Crippen LogP contribution in [0.3, 0.4) is 0 Å². The maximum absolute atomic E-state index is 13.1. The first-order chi connectivity index (χ1) is 14.0. The minimum atomic E-state index is -0.592. The minimum absolute atomic E-state index is 0.124. The third-order valence-corrected chi connectivity index (χ3v) is 3.93. The van der Waals surface area contributed by atoms with Crippen LogP contribution in [0.25, 0.3) is 17.3 Å². The number of nitriles is 1. The number of rotatable bonds is 5. The third kappa shape index (κ3) is 4.93. The van der Waals surface area contributed by atoms with Crippen molar-refractivity contribution in [3.05, 3.63) is 71.7 Å². The van der Waals surface area contributed by atoms with Gasteiger partial charge in [0.15, 0.2) is 0 Å². The summed E-state index contributed by atoms with van der Waals surface area (Å²) in [6, 6.07) is 14.1. The summed E-state index contributed by atoms with van der Waals surface area (Å²) in [5, 5.41) is 21.4. The normalized spacial score (nSPS) is 10.9. The summed E-state index contributed by atoms with van der Waals surface area (Å²) >= 11 is 0. The van der Waals surface area contributed by atoms with Crippen molar-refractivity contribution in [2.24, 2.45) is 0 Å². The number of carbonyl (C=O) groups is 2. The quantitative estimate of drug-likeness (QED) is 0.456. The van der Waals surface area contributed by atoms with Crippen molar-refractivity contribution < 1.29 is 14.0 Å². The molecule has 1 heterocycles. The van der Waals surface area contributed by atoms with Crippen LogP contribution in [0.1, 0.15) is 12.5 Å². The Morgan fingerprint density at radius 3 is 2.28 bits per heavy atom. The largest absolute Gasteiger partial charge is 0.326 e. The first kappa shape index (κ1) is 19.5. The molecule has 0 fully saturated rings. The number of aromatic nitrogens is 2. The van der Waals surface area contributed by atoms with Crippen LogP contribution in [-0.4, -0.2) is 22.0 Å². The van der Waals surface area contributed by atoms with Crippen LogP contribution in [0.2, 0.25) is 0 Å². The lowest BCUT2D eigenvalue weighted by Crippen LogP contribution is -2.13. The number of aromatic amines is 1. The minimum Gasteiger partial charge on any atom is -0.326 e. The lowest BCUT2D eigenvalue weighted by molar-refractivity contribution is -0.114. The van der Waals surface area contributed by atoms with E-state index in [1.807, 2.05) is 6.07 Å². The Kier molecular flexibility index (Phi) is 5.80. The molecular formula is C21H16FN5O2. The Bertz CT molecular complexity index is 1110. The van der Waals surface area contributed by atoms with E-state index in [0.717, 1.165) is 0 Å². The molecule has 8 heteroatoms. The molecule has 0 aliphatic rings. The summed E-state index contributed by atoms with van der Waals surface area (Å²) in [7, 11) is 0. The van der Waals surface area contributed by atoms with Gasteiger partial charge in [-0.15, -0.1) is 0 Å². The highest BCUT2D eigenvalue weighted by molar-refractivity contribution is 6.10. The number of nitrogens with one attached hydrogen (secondary N) is 3. The molecule has 7 nitrogen and oxygen atoms in total. The number of hydrogen-bond donors (Lipinski definition) is 3. The van der Waals surface area contributed by atoms with E-state index in [4.69, 9.17) is 0 Å². The number of halogens is 1. The van der Waals surface area contributed by atoms with Gasteiger partial charge in [-0.1, -0.05) is 0 Å². The number of H-pyrrole nitrogens is 1. The van der Waals surface area contributed by atoms with Crippen molar-refractivity contribution in [3.8, 4) is 17.3 Å². The van der Waals surface area contributed by atoms with E-state index in [-0.39, 0.29) is 17.3 Å². The molecule has 0 saturated carbocycles. The SMILES string of the molecule is CC(=O)Nc1ccc(NC(=O)C(C#N)=Cc2cn[nH]c2-c2ccc(F)cc2)cc1. The van der Waals surface area contributed by atoms with Gasteiger partial charge in [0.2, 0.25) is 5.91 Å². The summed E-state index contributed by atoms with van der Waals surface area (Å²) in [5.74, 6) is -1.16. The lowest BCUT2D eigenvalue weighted by atomic mass is 10.1. The van der Waals surface area contributed by atoms with E-state index in [1.54, 1.807) is 36.4 Å². The Morgan fingerprint density at radius 2 is 1.69 bits per heavy atom. The Labute approximate surface area is 165 Å². The van der Waals surface area contributed by atoms with Crippen molar-refractivity contribution >= 4 is 29.3 Å². The van der Waals surface area contributed by atoms with E-state index in [1.165, 1.54) is 31.3 Å². The molecule has 0 aliphatic heterocycles. The predicted octanol–water partition coefficient (Wildman–Crippen LogP) is 3.72. The molecule has 3 N–H and O–H groups in total. The molecule has 0 unspecified atom stereocenters. The molecule has 3 aromatic rings. The van der Waals surface area contributed by atoms with Gasteiger partial charge < -0.3 is 10.6 Å². The van der Waals surface area contributed by atoms with E-state index in [9.17, 15) is 19.2 Å². The highest BCUT2D eigenvalue weighted by atomic mass is 19.1. The monoisotopic (exact) mass is 389 g/mol. The van der Waals surface area contributed by atoms with Crippen LogP contribution >= 0.6 is 0 Å². The Morgan fingerprint density at radius 1 is 1.07 bits per heavy atom. The van der Waals surface area contributed by atoms with Gasteiger partial charge in [-0.05, 0) is 54.6 Å². The van der Waals surface area contributed by atoms with Gasteiger partial charge in [-0.2, -0.15) is 10.4 Å². The fourth-order valence-electron chi connectivity index (χ4n) is 2.60. The smallest absolute Gasteiger partial charge is 0.266 e. The average Bonchev–Trinajstić information content (AvgIpc) is 3.16. The second kappa shape index (κ2) is 8.63. The second-order valence-electron chi connectivity index (χ2n) is 6.09. The van der Waals surface area contributed by atoms with Gasteiger partial charge in [0.1, 0.15) is 17.5 Å². The summed E-state index contributed by atoms with van der Waals surface area (Å²) < 4.78 is 13.1. The van der Waals surface area contributed by atoms with Crippen molar-refractivity contribution in [2.75, 3.05) is 10.6 Å². The first-order valence-electron chi connectivity index (χ1n) is 8.56. The standard InChI is InChI=1S/C21H16FN5O2/c1-13(28)25-18-6-8-19(9-7-18)26-21(29)15(11-23)10-16-12-24-27-20(16)14-2-4-17(22)5-3-14/h2-10,12H,1H3,(H,24,27)(H,25,28)(H,26,29). The van der Waals surface area contributed by atoms with Crippen molar-refractivity contribution in [2.45, 2.75) is 6.92 Å². The molecule has 0 bridgehead atoms. The van der Waals surface area contributed by atoms with E-state index in [2.05, 4.69) is 20.8 Å². The summed E-state index contributed by atoms with van der Waals surface area (Å²) in [6.07, 6.45) is 2.88. The van der Waals surface area contributed by atoms with E-state index in [0.29, 0.717) is 28.2 Å². The number of carbonyl (C=O) groups excluding carboxylic acids is 2. The molecule has 144 valence electrons. The predicted molar refractivity (Wildman–Crippen MR) is 107 cm³/mol. The van der Waals surface area contributed by atoms with Crippen LogP contribution in [0.5, 0.6) is 0 Å². The first-order valence-corrected chi connectivity index (χ1v) is 8.56. The third-order valence-electron chi connectivity index (χ3n) is 3.93. The number of anilines is 2. The highest BCUT2D eigenvalue weighted by Gasteiger charge is 2.13. The van der Waals surface area contributed by atoms with Gasteiger partial charge in [0.25, 0.3) is 5.91 Å². The zero-order valence-corrected chi connectivity index (χ0v) is 15.4. The van der Waals surface area contributed by atoms with Crippen LogP contribution in [0.4, 0.5) is 15.8 Å². The average molecular weight is 389 g/mol. The van der Waals surface area contributed by atoms with Crippen LogP contribution in [0, 0.1) is 17.1 Å². The van der Waals surface area contributed by atoms with Crippen molar-refractivity contribution in [3.63, 3.8) is 0 Å². The maximum atomic E-state index is 13.1. The van der Waals surface area contributed by atoms with Crippen molar-refractivity contribution in [1.29, 1.82) is 5.26 Å². The molecule has 2 aromatic carbocycles. The second-order valence-corrected chi connectivity index (χ2v) is 6.09. The zero-order valence-electron chi connectivity index (χ0n) is 15.4. The molecule has 0 spiro atoms. The molecule has 0 aliphatic carbocycles. The van der Waals surface area contributed by atoms with E-state index >= 15 is 0 Å². The summed E-state index contributed by atoms with van der Waals surface area (Å²) in [6.45, 7) is 1.40. The van der Waals surface area contributed by atoms with Gasteiger partial charge in [0.05, 0.1) is 11.9 Å². The van der Waals surface area contributed by atoms with Gasteiger partial charge in [-0.3, -0.25) is 14.7 Å². The van der Waals surface area contributed by atoms with Crippen LogP contribution in [-0.2, 0) is 9.59 Å². The van der Waals surface area contributed by atoms with Gasteiger partial charge in [-0.25, -0.2) is 4.39 Å². The zero-order chi connectivity index (χ0) is 20.8. The number of amides is 2. The summed E-state index contributed by atoms with van der Waals surface area (Å²) in [5.41, 5.74) is 2.68. The molecule has 3 rings (SSSR count). The molecule has 0 atom stereocenters. The topological polar surface area (TPSA) is 111 Å². The molecular weight excluding hydrogens is 373 g/mol. The maximum Gasteiger partial charge on any atom is 0.266 e. The number of hydrogen-bond acceptors (Lipinski definition) is 4. The lowest BCUT2D eigenvalue weighted by Gasteiger charge is -2.06.